The Hall–Kier alpha value is -4.05. The zero-order valence-electron chi connectivity index (χ0n) is 15.3. The highest BCUT2D eigenvalue weighted by Crippen LogP contribution is 2.29. The number of carbonyl (C=O) groups excluding carboxylic acids is 1. The van der Waals surface area contributed by atoms with Crippen molar-refractivity contribution < 1.29 is 14.1 Å². The summed E-state index contributed by atoms with van der Waals surface area (Å²) >= 11 is 1.36. The van der Waals surface area contributed by atoms with Crippen molar-refractivity contribution in [3.05, 3.63) is 88.6 Å². The lowest BCUT2D eigenvalue weighted by Crippen LogP contribution is -2.13. The fourth-order valence-corrected chi connectivity index (χ4v) is 3.45. The van der Waals surface area contributed by atoms with Crippen molar-refractivity contribution >= 4 is 29.4 Å². The number of anilines is 1. The number of pyridine rings is 1. The predicted octanol–water partition coefficient (Wildman–Crippen LogP) is 4.44. The number of nitro benzene ring substituents is 1. The van der Waals surface area contributed by atoms with Gasteiger partial charge < -0.3 is 4.42 Å². The number of carbonyl (C=O) groups is 1. The van der Waals surface area contributed by atoms with Gasteiger partial charge in [0.25, 0.3) is 11.6 Å². The molecule has 0 aliphatic heterocycles. The average Bonchev–Trinajstić information content (AvgIpc) is 3.23. The molecule has 0 aliphatic rings. The fourth-order valence-electron chi connectivity index (χ4n) is 2.55. The quantitative estimate of drug-likeness (QED) is 0.359. The second kappa shape index (κ2) is 8.53. The molecule has 2 aromatic carbocycles. The molecule has 0 unspecified atom stereocenters. The highest BCUT2D eigenvalue weighted by molar-refractivity contribution is 7.99. The number of amides is 1. The van der Waals surface area contributed by atoms with E-state index in [4.69, 9.17) is 4.42 Å². The molecular formula is C20H13N5O4S. The van der Waals surface area contributed by atoms with Crippen LogP contribution in [0, 0.1) is 10.1 Å². The van der Waals surface area contributed by atoms with Gasteiger partial charge in [0, 0.05) is 28.8 Å². The van der Waals surface area contributed by atoms with E-state index in [0.29, 0.717) is 16.2 Å². The fraction of sp³-hybridized carbons (Fsp3) is 0. The number of nitrogens with zero attached hydrogens (tertiary/aromatic N) is 4. The van der Waals surface area contributed by atoms with E-state index in [1.807, 2.05) is 30.3 Å². The number of non-ortho nitro benzene ring substituents is 1. The first-order chi connectivity index (χ1) is 14.6. The van der Waals surface area contributed by atoms with Gasteiger partial charge in [-0.1, -0.05) is 41.1 Å². The molecule has 0 spiro atoms. The molecule has 0 bridgehead atoms. The summed E-state index contributed by atoms with van der Waals surface area (Å²) in [7, 11) is 0. The van der Waals surface area contributed by atoms with Crippen molar-refractivity contribution in [2.45, 2.75) is 9.92 Å². The Morgan fingerprint density at radius 1 is 1.03 bits per heavy atom. The second-order valence-electron chi connectivity index (χ2n) is 5.95. The summed E-state index contributed by atoms with van der Waals surface area (Å²) in [6.45, 7) is 0. The molecule has 1 N–H and O–H groups in total. The Bertz CT molecular complexity index is 1210. The minimum absolute atomic E-state index is 0.0547. The van der Waals surface area contributed by atoms with Crippen molar-refractivity contribution in [1.29, 1.82) is 0 Å². The summed E-state index contributed by atoms with van der Waals surface area (Å²) in [5.41, 5.74) is 0.620. The Morgan fingerprint density at radius 3 is 2.67 bits per heavy atom. The normalized spacial score (nSPS) is 10.5. The Morgan fingerprint density at radius 2 is 1.87 bits per heavy atom. The van der Waals surface area contributed by atoms with Crippen LogP contribution in [0.2, 0.25) is 0 Å². The van der Waals surface area contributed by atoms with Gasteiger partial charge >= 0.3 is 6.01 Å². The van der Waals surface area contributed by atoms with Gasteiger partial charge in [-0.05, 0) is 30.3 Å². The summed E-state index contributed by atoms with van der Waals surface area (Å²) < 4.78 is 5.45. The zero-order chi connectivity index (χ0) is 20.9. The highest BCUT2D eigenvalue weighted by Gasteiger charge is 2.18. The SMILES string of the molecule is O=C(Nc1nnc(-c2cccc([N+](=O)[O-])c2)o1)c1cccnc1Sc1ccccc1. The second-order valence-corrected chi connectivity index (χ2v) is 7.01. The van der Waals surface area contributed by atoms with E-state index in [1.165, 1.54) is 30.0 Å². The van der Waals surface area contributed by atoms with Crippen molar-refractivity contribution in [2.24, 2.45) is 0 Å². The molecular weight excluding hydrogens is 406 g/mol. The molecule has 0 saturated heterocycles. The Balaban J connectivity index is 1.53. The van der Waals surface area contributed by atoms with Gasteiger partial charge in [-0.15, -0.1) is 5.10 Å². The number of benzene rings is 2. The van der Waals surface area contributed by atoms with Crippen molar-refractivity contribution in [2.75, 3.05) is 5.32 Å². The van der Waals surface area contributed by atoms with Crippen LogP contribution in [0.4, 0.5) is 11.7 Å². The predicted molar refractivity (Wildman–Crippen MR) is 109 cm³/mol. The van der Waals surface area contributed by atoms with Gasteiger partial charge in [0.05, 0.1) is 10.5 Å². The first-order valence-corrected chi connectivity index (χ1v) is 9.49. The molecule has 1 amide bonds. The Labute approximate surface area is 174 Å². The number of nitro groups is 1. The van der Waals surface area contributed by atoms with Crippen molar-refractivity contribution in [3.63, 3.8) is 0 Å². The van der Waals surface area contributed by atoms with Gasteiger partial charge in [0.2, 0.25) is 5.89 Å². The summed E-state index contributed by atoms with van der Waals surface area (Å²) in [6.07, 6.45) is 1.61. The van der Waals surface area contributed by atoms with E-state index in [2.05, 4.69) is 20.5 Å². The molecule has 0 radical (unpaired) electrons. The largest absolute Gasteiger partial charge is 0.403 e. The standard InChI is InChI=1S/C20H13N5O4S/c26-17(16-10-5-11-21-19(16)30-15-8-2-1-3-9-15)22-20-24-23-18(29-20)13-6-4-7-14(12-13)25(27)28/h1-12H,(H,22,24,26). The first kappa shape index (κ1) is 19.3. The van der Waals surface area contributed by atoms with Crippen LogP contribution in [0.25, 0.3) is 11.5 Å². The molecule has 0 saturated carbocycles. The number of aromatic nitrogens is 3. The van der Waals surface area contributed by atoms with Crippen LogP contribution < -0.4 is 5.32 Å². The van der Waals surface area contributed by atoms with Crippen LogP contribution in [0.15, 0.2) is 87.3 Å². The smallest absolute Gasteiger partial charge is 0.322 e. The molecule has 9 nitrogen and oxygen atoms in total. The molecule has 2 aromatic heterocycles. The zero-order valence-corrected chi connectivity index (χ0v) is 16.1. The highest BCUT2D eigenvalue weighted by atomic mass is 32.2. The summed E-state index contributed by atoms with van der Waals surface area (Å²) in [4.78, 5) is 28.4. The average molecular weight is 419 g/mol. The van der Waals surface area contributed by atoms with E-state index >= 15 is 0 Å². The first-order valence-electron chi connectivity index (χ1n) is 8.68. The third kappa shape index (κ3) is 4.33. The van der Waals surface area contributed by atoms with E-state index in [1.54, 1.807) is 24.4 Å². The molecule has 10 heteroatoms. The molecule has 148 valence electrons. The van der Waals surface area contributed by atoms with Crippen LogP contribution >= 0.6 is 11.8 Å². The van der Waals surface area contributed by atoms with E-state index < -0.39 is 10.8 Å². The van der Waals surface area contributed by atoms with Crippen molar-refractivity contribution in [1.82, 2.24) is 15.2 Å². The summed E-state index contributed by atoms with van der Waals surface area (Å²) in [5, 5.41) is 21.7. The van der Waals surface area contributed by atoms with Crippen LogP contribution in [0.3, 0.4) is 0 Å². The summed E-state index contributed by atoms with van der Waals surface area (Å²) in [6, 6.07) is 18.5. The molecule has 4 rings (SSSR count). The van der Waals surface area contributed by atoms with Gasteiger partial charge in [-0.2, -0.15) is 0 Å². The molecule has 0 fully saturated rings. The van der Waals surface area contributed by atoms with Gasteiger partial charge in [-0.25, -0.2) is 4.98 Å². The minimum Gasteiger partial charge on any atom is -0.403 e. The van der Waals surface area contributed by atoms with E-state index in [9.17, 15) is 14.9 Å². The van der Waals surface area contributed by atoms with Crippen LogP contribution in [0.1, 0.15) is 10.4 Å². The number of hydrogen-bond acceptors (Lipinski definition) is 8. The van der Waals surface area contributed by atoms with Gasteiger partial charge in [-0.3, -0.25) is 20.2 Å². The molecule has 0 aliphatic carbocycles. The maximum absolute atomic E-state index is 12.7. The lowest BCUT2D eigenvalue weighted by Gasteiger charge is -2.07. The van der Waals surface area contributed by atoms with Crippen LogP contribution in [-0.2, 0) is 0 Å². The van der Waals surface area contributed by atoms with Crippen LogP contribution in [-0.4, -0.2) is 26.0 Å². The monoisotopic (exact) mass is 419 g/mol. The third-order valence-electron chi connectivity index (χ3n) is 3.92. The maximum Gasteiger partial charge on any atom is 0.322 e. The van der Waals surface area contributed by atoms with Gasteiger partial charge in [0.15, 0.2) is 0 Å². The topological polar surface area (TPSA) is 124 Å². The van der Waals surface area contributed by atoms with E-state index in [-0.39, 0.29) is 17.6 Å². The Kier molecular flexibility index (Phi) is 5.48. The minimum atomic E-state index is -0.517. The lowest BCUT2D eigenvalue weighted by atomic mass is 10.2. The number of rotatable bonds is 6. The molecule has 2 heterocycles. The van der Waals surface area contributed by atoms with Crippen LogP contribution in [0.5, 0.6) is 0 Å². The number of nitrogens with one attached hydrogen (secondary N) is 1. The summed E-state index contributed by atoms with van der Waals surface area (Å²) in [5.74, 6) is -0.408. The molecule has 0 atom stereocenters. The van der Waals surface area contributed by atoms with Crippen molar-refractivity contribution in [3.8, 4) is 11.5 Å². The number of hydrogen-bond donors (Lipinski definition) is 1. The maximum atomic E-state index is 12.7. The molecule has 30 heavy (non-hydrogen) atoms. The molecule has 4 aromatic rings. The third-order valence-corrected chi connectivity index (χ3v) is 4.95. The van der Waals surface area contributed by atoms with E-state index in [0.717, 1.165) is 4.90 Å². The lowest BCUT2D eigenvalue weighted by molar-refractivity contribution is -0.384. The van der Waals surface area contributed by atoms with Gasteiger partial charge in [0.1, 0.15) is 5.03 Å².